The third-order valence-electron chi connectivity index (χ3n) is 5.51. The van der Waals surface area contributed by atoms with Gasteiger partial charge in [0.1, 0.15) is 17.4 Å². The van der Waals surface area contributed by atoms with E-state index in [0.29, 0.717) is 22.7 Å². The fourth-order valence-corrected chi connectivity index (χ4v) is 4.10. The second-order valence-corrected chi connectivity index (χ2v) is 7.21. The number of nitrogens with one attached hydrogen (secondary N) is 2. The number of nitrogens with two attached hydrogens (primary N) is 2. The number of H-pyrrole nitrogens is 1. The van der Waals surface area contributed by atoms with Crippen molar-refractivity contribution < 1.29 is 4.74 Å². The topological polar surface area (TPSA) is 139 Å². The van der Waals surface area contributed by atoms with Crippen molar-refractivity contribution in [2.45, 2.75) is 5.92 Å². The number of fused-ring (bicyclic) bond motifs is 2. The molecule has 5 rings (SSSR count). The van der Waals surface area contributed by atoms with Gasteiger partial charge in [-0.25, -0.2) is 0 Å². The maximum Gasteiger partial charge on any atom is 0.223 e. The molecule has 31 heavy (non-hydrogen) atoms. The number of nitriles is 1. The first-order chi connectivity index (χ1) is 15.1. The molecule has 8 nitrogen and oxygen atoms in total. The molecule has 152 valence electrons. The molecule has 6 N–H and O–H groups in total. The molecule has 0 fully saturated rings. The van der Waals surface area contributed by atoms with E-state index in [2.05, 4.69) is 26.3 Å². The number of ether oxygens (including phenoxy) is 1. The molecule has 8 heteroatoms. The van der Waals surface area contributed by atoms with Crippen molar-refractivity contribution in [1.29, 1.82) is 5.26 Å². The zero-order chi connectivity index (χ0) is 21.5. The van der Waals surface area contributed by atoms with Crippen LogP contribution in [0.3, 0.4) is 0 Å². The molecule has 0 aliphatic carbocycles. The van der Waals surface area contributed by atoms with Crippen LogP contribution in [0.1, 0.15) is 22.6 Å². The molecule has 3 heterocycles. The largest absolute Gasteiger partial charge is 0.497 e. The number of benzene rings is 2. The zero-order valence-electron chi connectivity index (χ0n) is 16.7. The summed E-state index contributed by atoms with van der Waals surface area (Å²) >= 11 is 0. The van der Waals surface area contributed by atoms with Crippen LogP contribution >= 0.6 is 0 Å². The van der Waals surface area contributed by atoms with Gasteiger partial charge in [0.2, 0.25) is 5.95 Å². The molecule has 0 spiro atoms. The number of hydrogen-bond donors (Lipinski definition) is 4. The zero-order valence-corrected chi connectivity index (χ0v) is 16.7. The van der Waals surface area contributed by atoms with E-state index in [0.717, 1.165) is 27.8 Å². The second-order valence-electron chi connectivity index (χ2n) is 7.21. The predicted octanol–water partition coefficient (Wildman–Crippen LogP) is 3.62. The van der Waals surface area contributed by atoms with E-state index in [-0.39, 0.29) is 11.8 Å². The third-order valence-corrected chi connectivity index (χ3v) is 5.51. The number of para-hydroxylation sites is 1. The first-order valence-electron chi connectivity index (χ1n) is 9.65. The van der Waals surface area contributed by atoms with Gasteiger partial charge < -0.3 is 26.5 Å². The maximum absolute atomic E-state index is 10.2. The monoisotopic (exact) mass is 409 g/mol. The Bertz CT molecular complexity index is 1380. The molecule has 2 aromatic carbocycles. The molecule has 0 saturated heterocycles. The number of allylic oxidation sites excluding steroid dienone is 1. The highest BCUT2D eigenvalue weighted by atomic mass is 16.5. The predicted molar refractivity (Wildman–Crippen MR) is 120 cm³/mol. The molecule has 2 aromatic heterocycles. The van der Waals surface area contributed by atoms with Crippen molar-refractivity contribution in [2.24, 2.45) is 0 Å². The van der Waals surface area contributed by atoms with Gasteiger partial charge in [0, 0.05) is 28.2 Å². The lowest BCUT2D eigenvalue weighted by Gasteiger charge is -2.29. The number of nitrogens with zero attached hydrogens (tertiary/aromatic N) is 3. The van der Waals surface area contributed by atoms with Gasteiger partial charge >= 0.3 is 0 Å². The summed E-state index contributed by atoms with van der Waals surface area (Å²) in [6.45, 7) is 0. The summed E-state index contributed by atoms with van der Waals surface area (Å²) in [6, 6.07) is 17.8. The first kappa shape index (κ1) is 18.5. The minimum absolute atomic E-state index is 0.0657. The molecule has 1 atom stereocenters. The van der Waals surface area contributed by atoms with Gasteiger partial charge in [-0.2, -0.15) is 15.2 Å². The molecule has 0 bridgehead atoms. The van der Waals surface area contributed by atoms with Crippen LogP contribution in [0.15, 0.2) is 60.3 Å². The minimum Gasteiger partial charge on any atom is -0.497 e. The Morgan fingerprint density at radius 2 is 1.84 bits per heavy atom. The van der Waals surface area contributed by atoms with E-state index >= 15 is 0 Å². The fourth-order valence-electron chi connectivity index (χ4n) is 4.10. The normalized spacial score (nSPS) is 15.3. The summed E-state index contributed by atoms with van der Waals surface area (Å²) in [5.74, 6) is 1.05. The van der Waals surface area contributed by atoms with E-state index in [1.807, 2.05) is 54.7 Å². The van der Waals surface area contributed by atoms with E-state index in [1.165, 1.54) is 0 Å². The minimum atomic E-state index is -0.462. The average Bonchev–Trinajstić information content (AvgIpc) is 3.21. The number of anilines is 3. The highest BCUT2D eigenvalue weighted by Gasteiger charge is 2.34. The molecule has 1 unspecified atom stereocenters. The lowest BCUT2D eigenvalue weighted by molar-refractivity contribution is 0.414. The van der Waals surface area contributed by atoms with Crippen molar-refractivity contribution in [2.75, 3.05) is 23.9 Å². The second kappa shape index (κ2) is 7.07. The maximum atomic E-state index is 10.2. The summed E-state index contributed by atoms with van der Waals surface area (Å²) in [6.07, 6.45) is 1.88. The number of nitrogen functional groups attached to an aromatic ring is 2. The van der Waals surface area contributed by atoms with Gasteiger partial charge in [-0.3, -0.25) is 0 Å². The Hall–Kier alpha value is -4.51. The Morgan fingerprint density at radius 3 is 2.58 bits per heavy atom. The Morgan fingerprint density at radius 1 is 1.06 bits per heavy atom. The molecule has 1 aliphatic heterocycles. The summed E-state index contributed by atoms with van der Waals surface area (Å²) in [4.78, 5) is 11.8. The number of aromatic nitrogens is 3. The van der Waals surface area contributed by atoms with Crippen molar-refractivity contribution in [3.05, 3.63) is 77.0 Å². The molecular weight excluding hydrogens is 390 g/mol. The van der Waals surface area contributed by atoms with E-state index in [4.69, 9.17) is 16.2 Å². The number of rotatable bonds is 3. The number of hydrogen-bond acceptors (Lipinski definition) is 7. The van der Waals surface area contributed by atoms with Gasteiger partial charge in [0.25, 0.3) is 0 Å². The molecule has 0 saturated carbocycles. The molecule has 1 aliphatic rings. The molecule has 0 radical (unpaired) electrons. The summed E-state index contributed by atoms with van der Waals surface area (Å²) in [7, 11) is 1.61. The van der Waals surface area contributed by atoms with Crippen LogP contribution in [-0.4, -0.2) is 22.1 Å². The smallest absolute Gasteiger partial charge is 0.223 e. The summed E-state index contributed by atoms with van der Waals surface area (Å²) < 4.78 is 5.29. The Kier molecular flexibility index (Phi) is 4.22. The van der Waals surface area contributed by atoms with Crippen LogP contribution < -0.4 is 21.5 Å². The van der Waals surface area contributed by atoms with Crippen LogP contribution in [0.4, 0.5) is 17.6 Å². The fraction of sp³-hybridized carbons (Fsp3) is 0.0870. The SMILES string of the molecule is COc1ccc(C2C(C#N)=C(c3c[nH]c4ccccc34)Nc3nc(N)nc(N)c32)cc1. The van der Waals surface area contributed by atoms with Crippen LogP contribution in [0.25, 0.3) is 16.6 Å². The van der Waals surface area contributed by atoms with Crippen LogP contribution in [-0.2, 0) is 0 Å². The number of methoxy groups -OCH3 is 1. The summed E-state index contributed by atoms with van der Waals surface area (Å²) in [5.41, 5.74) is 16.7. The highest BCUT2D eigenvalue weighted by Crippen LogP contribution is 2.46. The van der Waals surface area contributed by atoms with Crippen molar-refractivity contribution in [1.82, 2.24) is 15.0 Å². The van der Waals surface area contributed by atoms with Crippen LogP contribution in [0, 0.1) is 11.3 Å². The van der Waals surface area contributed by atoms with Gasteiger partial charge in [-0.05, 0) is 23.8 Å². The average molecular weight is 409 g/mol. The first-order valence-corrected chi connectivity index (χ1v) is 9.65. The van der Waals surface area contributed by atoms with Crippen molar-refractivity contribution in [3.8, 4) is 11.8 Å². The van der Waals surface area contributed by atoms with E-state index < -0.39 is 5.92 Å². The van der Waals surface area contributed by atoms with E-state index in [1.54, 1.807) is 7.11 Å². The van der Waals surface area contributed by atoms with Gasteiger partial charge in [-0.15, -0.1) is 0 Å². The molecule has 0 amide bonds. The van der Waals surface area contributed by atoms with Crippen molar-refractivity contribution >= 4 is 34.2 Å². The lowest BCUT2D eigenvalue weighted by Crippen LogP contribution is -2.21. The van der Waals surface area contributed by atoms with Crippen LogP contribution in [0.2, 0.25) is 0 Å². The highest BCUT2D eigenvalue weighted by molar-refractivity contribution is 5.99. The van der Waals surface area contributed by atoms with Crippen LogP contribution in [0.5, 0.6) is 5.75 Å². The lowest BCUT2D eigenvalue weighted by atomic mass is 9.81. The van der Waals surface area contributed by atoms with E-state index in [9.17, 15) is 5.26 Å². The Labute approximate surface area is 178 Å². The number of aromatic amines is 1. The quantitative estimate of drug-likeness (QED) is 0.405. The Balaban J connectivity index is 1.79. The molecular formula is C23H19N7O. The van der Waals surface area contributed by atoms with Gasteiger partial charge in [-0.1, -0.05) is 30.3 Å². The third kappa shape index (κ3) is 2.91. The van der Waals surface area contributed by atoms with Gasteiger partial charge in [0.05, 0.1) is 30.4 Å². The standard InChI is InChI=1S/C23H19N7O/c1-31-13-8-6-12(7-9-13)18-15(10-24)20(16-11-27-17-5-3-2-4-14(16)17)28-22-19(18)21(25)29-23(26)30-22/h2-9,11,18,27H,1H3,(H5,25,26,28,29,30). The van der Waals surface area contributed by atoms with Gasteiger partial charge in [0.15, 0.2) is 0 Å². The van der Waals surface area contributed by atoms with Crippen molar-refractivity contribution in [3.63, 3.8) is 0 Å². The molecule has 4 aromatic rings. The summed E-state index contributed by atoms with van der Waals surface area (Å²) in [5, 5.41) is 14.5.